The molecule has 1 aliphatic heterocycles. The van der Waals surface area contributed by atoms with Gasteiger partial charge in [0.2, 0.25) is 0 Å². The molecule has 1 saturated heterocycles. The van der Waals surface area contributed by atoms with Gasteiger partial charge in [-0.3, -0.25) is 19.3 Å². The molecule has 8 nitrogen and oxygen atoms in total. The van der Waals surface area contributed by atoms with Gasteiger partial charge in [0, 0.05) is 5.69 Å². The fourth-order valence-electron chi connectivity index (χ4n) is 3.10. The molecule has 0 saturated carbocycles. The van der Waals surface area contributed by atoms with E-state index in [9.17, 15) is 19.2 Å². The number of imide groups is 1. The smallest absolute Gasteiger partial charge is 0.328 e. The first-order valence-corrected chi connectivity index (χ1v) is 11.0. The van der Waals surface area contributed by atoms with Crippen molar-refractivity contribution in [3.63, 3.8) is 0 Å². The fourth-order valence-corrected chi connectivity index (χ4v) is 4.01. The van der Waals surface area contributed by atoms with Gasteiger partial charge in [-0.05, 0) is 79.6 Å². The summed E-state index contributed by atoms with van der Waals surface area (Å²) in [6.45, 7) is 5.21. The van der Waals surface area contributed by atoms with E-state index in [1.54, 1.807) is 24.3 Å². The number of esters is 1. The van der Waals surface area contributed by atoms with Crippen molar-refractivity contribution >= 4 is 46.5 Å². The predicted molar refractivity (Wildman–Crippen MR) is 126 cm³/mol. The Balaban J connectivity index is 1.64. The van der Waals surface area contributed by atoms with E-state index in [0.29, 0.717) is 17.0 Å². The van der Waals surface area contributed by atoms with Crippen LogP contribution in [0.2, 0.25) is 0 Å². The van der Waals surface area contributed by atoms with Gasteiger partial charge in [-0.1, -0.05) is 18.2 Å². The molecular weight excluding hydrogens is 444 g/mol. The minimum atomic E-state index is -1.01. The van der Waals surface area contributed by atoms with Crippen molar-refractivity contribution in [2.24, 2.45) is 0 Å². The topological polar surface area (TPSA) is 102 Å². The number of hydrogen-bond acceptors (Lipinski definition) is 7. The second kappa shape index (κ2) is 10.4. The Kier molecular flexibility index (Phi) is 7.55. The number of benzene rings is 2. The van der Waals surface area contributed by atoms with Crippen LogP contribution in [0, 0.1) is 13.8 Å². The summed E-state index contributed by atoms with van der Waals surface area (Å²) in [5, 5.41) is 2.25. The maximum Gasteiger partial charge on any atom is 0.328 e. The van der Waals surface area contributed by atoms with Crippen LogP contribution in [0.15, 0.2) is 47.4 Å². The number of anilines is 1. The second-order valence-electron chi connectivity index (χ2n) is 7.46. The first-order valence-electron chi connectivity index (χ1n) is 10.1. The van der Waals surface area contributed by atoms with Gasteiger partial charge in [-0.15, -0.1) is 0 Å². The third-order valence-electron chi connectivity index (χ3n) is 5.07. The molecule has 3 rings (SSSR count). The zero-order chi connectivity index (χ0) is 24.1. The number of nitrogens with zero attached hydrogens (tertiary/aromatic N) is 1. The first kappa shape index (κ1) is 24.1. The molecule has 1 heterocycles. The molecule has 2 aromatic carbocycles. The number of carbonyl (C=O) groups excluding carboxylic acids is 4. The van der Waals surface area contributed by atoms with E-state index in [2.05, 4.69) is 10.1 Å². The summed E-state index contributed by atoms with van der Waals surface area (Å²) in [4.78, 5) is 49.9. The monoisotopic (exact) mass is 468 g/mol. The summed E-state index contributed by atoms with van der Waals surface area (Å²) < 4.78 is 10.2. The molecule has 0 aromatic heterocycles. The Morgan fingerprint density at radius 2 is 1.88 bits per heavy atom. The molecule has 1 atom stereocenters. The number of hydrogen-bond donors (Lipinski definition) is 1. The third kappa shape index (κ3) is 5.81. The van der Waals surface area contributed by atoms with Crippen molar-refractivity contribution in [1.82, 2.24) is 4.90 Å². The van der Waals surface area contributed by atoms with E-state index in [1.807, 2.05) is 32.0 Å². The second-order valence-corrected chi connectivity index (χ2v) is 8.45. The summed E-state index contributed by atoms with van der Waals surface area (Å²) in [6.07, 6.45) is 1.54. The molecule has 0 bridgehead atoms. The third-order valence-corrected chi connectivity index (χ3v) is 5.95. The number of thioether (sulfide) groups is 1. The Morgan fingerprint density at radius 1 is 1.12 bits per heavy atom. The number of methoxy groups -OCH3 is 1. The van der Waals surface area contributed by atoms with Crippen molar-refractivity contribution in [2.45, 2.75) is 26.8 Å². The van der Waals surface area contributed by atoms with Crippen LogP contribution < -0.4 is 10.1 Å². The van der Waals surface area contributed by atoms with Crippen molar-refractivity contribution in [1.29, 1.82) is 0 Å². The summed E-state index contributed by atoms with van der Waals surface area (Å²) >= 11 is 0.746. The van der Waals surface area contributed by atoms with Crippen LogP contribution in [-0.4, -0.2) is 47.7 Å². The molecule has 33 heavy (non-hydrogen) atoms. The summed E-state index contributed by atoms with van der Waals surface area (Å²) in [5.74, 6) is -1.11. The quantitative estimate of drug-likeness (QED) is 0.485. The first-order chi connectivity index (χ1) is 15.7. The Labute approximate surface area is 195 Å². The normalized spacial score (nSPS) is 15.5. The Hall–Kier alpha value is -3.59. The van der Waals surface area contributed by atoms with E-state index < -0.39 is 23.2 Å². The van der Waals surface area contributed by atoms with Crippen molar-refractivity contribution in [3.05, 3.63) is 64.1 Å². The standard InChI is InChI=1S/C24H24N2O6S/c1-14-8-9-18(10-15(14)2)25-21(27)13-32-19-7-5-6-17(11-19)12-20-22(28)26(24(30)33-20)16(3)23(29)31-4/h5-12,16H,13H2,1-4H3,(H,25,27)/b20-12+/t16-/m1/s1. The number of ether oxygens (including phenoxy) is 2. The highest BCUT2D eigenvalue weighted by Gasteiger charge is 2.41. The largest absolute Gasteiger partial charge is 0.484 e. The maximum absolute atomic E-state index is 12.6. The molecule has 2 aromatic rings. The SMILES string of the molecule is COC(=O)[C@@H](C)N1C(=O)S/C(=C/c2cccc(OCC(=O)Nc3ccc(C)c(C)c3)c2)C1=O. The molecule has 1 N–H and O–H groups in total. The van der Waals surface area contributed by atoms with Crippen LogP contribution in [0.1, 0.15) is 23.6 Å². The zero-order valence-electron chi connectivity index (χ0n) is 18.7. The van der Waals surface area contributed by atoms with E-state index in [1.165, 1.54) is 20.1 Å². The van der Waals surface area contributed by atoms with E-state index in [-0.39, 0.29) is 17.4 Å². The molecule has 0 aliphatic carbocycles. The van der Waals surface area contributed by atoms with Crippen LogP contribution in [0.4, 0.5) is 10.5 Å². The van der Waals surface area contributed by atoms with Crippen LogP contribution in [-0.2, 0) is 19.1 Å². The lowest BCUT2D eigenvalue weighted by molar-refractivity contribution is -0.148. The van der Waals surface area contributed by atoms with Crippen molar-refractivity contribution < 1.29 is 28.7 Å². The average Bonchev–Trinajstić information content (AvgIpc) is 3.06. The maximum atomic E-state index is 12.6. The average molecular weight is 469 g/mol. The highest BCUT2D eigenvalue weighted by atomic mass is 32.2. The van der Waals surface area contributed by atoms with Crippen molar-refractivity contribution in [3.8, 4) is 5.75 Å². The van der Waals surface area contributed by atoms with Gasteiger partial charge in [0.05, 0.1) is 12.0 Å². The van der Waals surface area contributed by atoms with Gasteiger partial charge in [0.1, 0.15) is 11.8 Å². The van der Waals surface area contributed by atoms with Gasteiger partial charge in [-0.2, -0.15) is 0 Å². The lowest BCUT2D eigenvalue weighted by atomic mass is 10.1. The molecule has 3 amide bonds. The number of nitrogens with one attached hydrogen (secondary N) is 1. The van der Waals surface area contributed by atoms with Crippen LogP contribution >= 0.6 is 11.8 Å². The molecule has 0 spiro atoms. The molecule has 172 valence electrons. The fraction of sp³-hybridized carbons (Fsp3) is 0.250. The predicted octanol–water partition coefficient (Wildman–Crippen LogP) is 3.92. The lowest BCUT2D eigenvalue weighted by Crippen LogP contribution is -2.42. The number of carbonyl (C=O) groups is 4. The van der Waals surface area contributed by atoms with E-state index in [0.717, 1.165) is 27.8 Å². The van der Waals surface area contributed by atoms with Gasteiger partial charge in [0.15, 0.2) is 6.61 Å². The number of aryl methyl sites for hydroxylation is 2. The van der Waals surface area contributed by atoms with Crippen molar-refractivity contribution in [2.75, 3.05) is 19.0 Å². The lowest BCUT2D eigenvalue weighted by Gasteiger charge is -2.18. The van der Waals surface area contributed by atoms with Gasteiger partial charge in [0.25, 0.3) is 17.1 Å². The zero-order valence-corrected chi connectivity index (χ0v) is 19.5. The molecule has 9 heteroatoms. The highest BCUT2D eigenvalue weighted by molar-refractivity contribution is 8.18. The molecule has 0 radical (unpaired) electrons. The molecule has 1 aliphatic rings. The molecule has 1 fully saturated rings. The van der Waals surface area contributed by atoms with Gasteiger partial charge in [-0.25, -0.2) is 4.79 Å². The minimum absolute atomic E-state index is 0.181. The highest BCUT2D eigenvalue weighted by Crippen LogP contribution is 2.34. The minimum Gasteiger partial charge on any atom is -0.484 e. The summed E-state index contributed by atoms with van der Waals surface area (Å²) in [6, 6.07) is 11.4. The summed E-state index contributed by atoms with van der Waals surface area (Å²) in [7, 11) is 1.20. The molecular formula is C24H24N2O6S. The van der Waals surface area contributed by atoms with E-state index in [4.69, 9.17) is 4.74 Å². The van der Waals surface area contributed by atoms with Crippen LogP contribution in [0.5, 0.6) is 5.75 Å². The number of amides is 3. The van der Waals surface area contributed by atoms with E-state index >= 15 is 0 Å². The van der Waals surface area contributed by atoms with Crippen LogP contribution in [0.3, 0.4) is 0 Å². The Bertz CT molecular complexity index is 1140. The number of rotatable bonds is 7. The molecule has 0 unspecified atom stereocenters. The summed E-state index contributed by atoms with van der Waals surface area (Å²) in [5.41, 5.74) is 3.51. The van der Waals surface area contributed by atoms with Gasteiger partial charge >= 0.3 is 5.97 Å². The van der Waals surface area contributed by atoms with Gasteiger partial charge < -0.3 is 14.8 Å². The van der Waals surface area contributed by atoms with Crippen LogP contribution in [0.25, 0.3) is 6.08 Å². The Morgan fingerprint density at radius 3 is 2.58 bits per heavy atom.